The third-order valence-corrected chi connectivity index (χ3v) is 7.84. The summed E-state index contributed by atoms with van der Waals surface area (Å²) in [4.78, 5) is 28.6. The highest BCUT2D eigenvalue weighted by Crippen LogP contribution is 2.37. The maximum absolute atomic E-state index is 13.7. The Morgan fingerprint density at radius 2 is 1.57 bits per heavy atom. The fraction of sp³-hybridized carbons (Fsp3) is 0.231. The maximum atomic E-state index is 13.7. The van der Waals surface area contributed by atoms with Crippen LogP contribution in [0.15, 0.2) is 89.8 Å². The van der Waals surface area contributed by atoms with Gasteiger partial charge in [0.25, 0.3) is 0 Å². The van der Waals surface area contributed by atoms with Crippen molar-refractivity contribution >= 4 is 27.5 Å². The predicted molar refractivity (Wildman–Crippen MR) is 132 cm³/mol. The first-order valence-corrected chi connectivity index (χ1v) is 12.5. The lowest BCUT2D eigenvalue weighted by Crippen LogP contribution is -2.70. The van der Waals surface area contributed by atoms with Gasteiger partial charge in [-0.15, -0.1) is 0 Å². The maximum Gasteiger partial charge on any atom is 0.247 e. The number of carbonyl (C=O) groups is 2. The van der Waals surface area contributed by atoms with Crippen LogP contribution in [0.2, 0.25) is 0 Å². The smallest absolute Gasteiger partial charge is 0.247 e. The van der Waals surface area contributed by atoms with Crippen LogP contribution in [0.1, 0.15) is 12.5 Å². The number of ether oxygens (including phenoxy) is 1. The van der Waals surface area contributed by atoms with Crippen LogP contribution in [-0.2, 0) is 26.2 Å². The van der Waals surface area contributed by atoms with Gasteiger partial charge in [0.05, 0.1) is 24.2 Å². The molecule has 2 amide bonds. The zero-order valence-electron chi connectivity index (χ0n) is 19.5. The van der Waals surface area contributed by atoms with E-state index in [0.29, 0.717) is 11.4 Å². The summed E-state index contributed by atoms with van der Waals surface area (Å²) in [6.07, 6.45) is 0. The summed E-state index contributed by atoms with van der Waals surface area (Å²) in [7, 11) is -2.53. The van der Waals surface area contributed by atoms with Gasteiger partial charge < -0.3 is 10.1 Å². The standard InChI is InChI=1S/C26H27N3O5S/c1-26(25(31)27-17-20-11-5-3-6-12-20)19-28(35(32,33)21-13-7-4-8-14-21)18-24(30)29(26)22-15-9-10-16-23(22)34-2/h3-16H,17-19H2,1-2H3,(H,27,31)/t26-/m0/s1. The minimum atomic E-state index is -4.01. The van der Waals surface area contributed by atoms with Crippen LogP contribution in [-0.4, -0.2) is 50.3 Å². The number of nitrogens with one attached hydrogen (secondary N) is 1. The summed E-state index contributed by atoms with van der Waals surface area (Å²) >= 11 is 0. The molecule has 35 heavy (non-hydrogen) atoms. The van der Waals surface area contributed by atoms with E-state index >= 15 is 0 Å². The van der Waals surface area contributed by atoms with Gasteiger partial charge in [-0.3, -0.25) is 14.5 Å². The Morgan fingerprint density at radius 3 is 2.23 bits per heavy atom. The second-order valence-electron chi connectivity index (χ2n) is 8.43. The first kappa shape index (κ1) is 24.4. The number of para-hydroxylation sites is 2. The Bertz CT molecular complexity index is 1320. The summed E-state index contributed by atoms with van der Waals surface area (Å²) in [6.45, 7) is 1.17. The molecule has 1 saturated heterocycles. The quantitative estimate of drug-likeness (QED) is 0.546. The van der Waals surface area contributed by atoms with E-state index in [-0.39, 0.29) is 18.0 Å². The molecule has 1 aliphatic rings. The van der Waals surface area contributed by atoms with Crippen molar-refractivity contribution in [3.63, 3.8) is 0 Å². The number of rotatable bonds is 7. The molecule has 0 saturated carbocycles. The zero-order chi connectivity index (χ0) is 25.1. The first-order valence-electron chi connectivity index (χ1n) is 11.1. The zero-order valence-corrected chi connectivity index (χ0v) is 20.4. The van der Waals surface area contributed by atoms with Gasteiger partial charge in [0.1, 0.15) is 11.3 Å². The highest BCUT2D eigenvalue weighted by Gasteiger charge is 2.51. The Hall–Kier alpha value is -3.69. The summed E-state index contributed by atoms with van der Waals surface area (Å²) < 4.78 is 33.3. The third kappa shape index (κ3) is 4.78. The van der Waals surface area contributed by atoms with Gasteiger partial charge in [-0.2, -0.15) is 4.31 Å². The van der Waals surface area contributed by atoms with Crippen molar-refractivity contribution in [1.29, 1.82) is 0 Å². The molecule has 1 aliphatic heterocycles. The van der Waals surface area contributed by atoms with Gasteiger partial charge in [0.15, 0.2) is 0 Å². The van der Waals surface area contributed by atoms with Crippen LogP contribution >= 0.6 is 0 Å². The summed E-state index contributed by atoms with van der Waals surface area (Å²) in [5.74, 6) is -0.603. The lowest BCUT2D eigenvalue weighted by molar-refractivity contribution is -0.133. The van der Waals surface area contributed by atoms with Crippen molar-refractivity contribution in [2.45, 2.75) is 23.9 Å². The largest absolute Gasteiger partial charge is 0.495 e. The molecule has 182 valence electrons. The minimum Gasteiger partial charge on any atom is -0.495 e. The fourth-order valence-corrected chi connectivity index (χ4v) is 5.74. The number of hydrogen-bond acceptors (Lipinski definition) is 5. The minimum absolute atomic E-state index is 0.0607. The fourth-order valence-electron chi connectivity index (χ4n) is 4.23. The lowest BCUT2D eigenvalue weighted by Gasteiger charge is -2.46. The second kappa shape index (κ2) is 9.89. The molecule has 0 bridgehead atoms. The summed E-state index contributed by atoms with van der Waals surface area (Å²) in [6, 6.07) is 24.1. The van der Waals surface area contributed by atoms with Crippen molar-refractivity contribution in [2.75, 3.05) is 25.1 Å². The van der Waals surface area contributed by atoms with Gasteiger partial charge >= 0.3 is 0 Å². The molecule has 0 aliphatic carbocycles. The van der Waals surface area contributed by atoms with Crippen molar-refractivity contribution in [1.82, 2.24) is 9.62 Å². The van der Waals surface area contributed by atoms with E-state index in [2.05, 4.69) is 5.32 Å². The van der Waals surface area contributed by atoms with E-state index in [1.54, 1.807) is 49.4 Å². The average molecular weight is 494 g/mol. The number of benzene rings is 3. The number of sulfonamides is 1. The van der Waals surface area contributed by atoms with E-state index in [4.69, 9.17) is 4.74 Å². The number of carbonyl (C=O) groups excluding carboxylic acids is 2. The topological polar surface area (TPSA) is 96.0 Å². The summed E-state index contributed by atoms with van der Waals surface area (Å²) in [5, 5.41) is 2.88. The van der Waals surface area contributed by atoms with Crippen molar-refractivity contribution in [2.24, 2.45) is 0 Å². The van der Waals surface area contributed by atoms with Crippen LogP contribution < -0.4 is 15.0 Å². The second-order valence-corrected chi connectivity index (χ2v) is 10.4. The van der Waals surface area contributed by atoms with Crippen molar-refractivity contribution < 1.29 is 22.7 Å². The molecule has 1 N–H and O–H groups in total. The van der Waals surface area contributed by atoms with Crippen LogP contribution in [0.3, 0.4) is 0 Å². The third-order valence-electron chi connectivity index (χ3n) is 6.03. The Balaban J connectivity index is 1.74. The van der Waals surface area contributed by atoms with E-state index in [9.17, 15) is 18.0 Å². The van der Waals surface area contributed by atoms with Crippen molar-refractivity contribution in [3.8, 4) is 5.75 Å². The number of anilines is 1. The predicted octanol–water partition coefficient (Wildman–Crippen LogP) is 2.81. The molecular formula is C26H27N3O5S. The average Bonchev–Trinajstić information content (AvgIpc) is 2.88. The monoisotopic (exact) mass is 493 g/mol. The number of piperazine rings is 1. The highest BCUT2D eigenvalue weighted by atomic mass is 32.2. The van der Waals surface area contributed by atoms with Gasteiger partial charge in [-0.25, -0.2) is 8.42 Å². The number of hydrogen-bond donors (Lipinski definition) is 1. The first-order chi connectivity index (χ1) is 16.8. The van der Waals surface area contributed by atoms with E-state index in [1.807, 2.05) is 30.3 Å². The van der Waals surface area contributed by atoms with Gasteiger partial charge in [-0.1, -0.05) is 60.7 Å². The molecule has 8 nitrogen and oxygen atoms in total. The molecule has 3 aromatic carbocycles. The van der Waals surface area contributed by atoms with E-state index in [0.717, 1.165) is 9.87 Å². The summed E-state index contributed by atoms with van der Waals surface area (Å²) in [5.41, 5.74) is -0.265. The molecule has 1 heterocycles. The molecule has 0 aromatic heterocycles. The Kier molecular flexibility index (Phi) is 6.90. The highest BCUT2D eigenvalue weighted by molar-refractivity contribution is 7.89. The van der Waals surface area contributed by atoms with E-state index in [1.165, 1.54) is 24.1 Å². The normalized spacial score (nSPS) is 18.8. The molecule has 3 aromatic rings. The van der Waals surface area contributed by atoms with Gasteiger partial charge in [0.2, 0.25) is 21.8 Å². The number of methoxy groups -OCH3 is 1. The van der Waals surface area contributed by atoms with Gasteiger partial charge in [-0.05, 0) is 36.8 Å². The Morgan fingerprint density at radius 1 is 0.971 bits per heavy atom. The molecular weight excluding hydrogens is 466 g/mol. The molecule has 1 atom stereocenters. The molecule has 1 fully saturated rings. The van der Waals surface area contributed by atoms with Crippen molar-refractivity contribution in [3.05, 3.63) is 90.5 Å². The lowest BCUT2D eigenvalue weighted by atomic mass is 9.94. The van der Waals surface area contributed by atoms with Crippen LogP contribution in [0.25, 0.3) is 0 Å². The number of amides is 2. The molecule has 0 unspecified atom stereocenters. The molecule has 9 heteroatoms. The van der Waals surface area contributed by atoms with Crippen LogP contribution in [0.5, 0.6) is 5.75 Å². The Labute approximate surface area is 205 Å². The van der Waals surface area contributed by atoms with E-state index < -0.39 is 33.9 Å². The van der Waals surface area contributed by atoms with Crippen LogP contribution in [0, 0.1) is 0 Å². The molecule has 4 rings (SSSR count). The molecule has 0 radical (unpaired) electrons. The SMILES string of the molecule is COc1ccccc1N1C(=O)CN(S(=O)(=O)c2ccccc2)C[C@@]1(C)C(=O)NCc1ccccc1. The van der Waals surface area contributed by atoms with Crippen LogP contribution in [0.4, 0.5) is 5.69 Å². The molecule has 0 spiro atoms. The van der Waals surface area contributed by atoms with Gasteiger partial charge in [0, 0.05) is 13.1 Å². The number of nitrogens with zero attached hydrogens (tertiary/aromatic N) is 2.